The Balaban J connectivity index is 1.73. The monoisotopic (exact) mass is 395 g/mol. The number of amides is 1. The fourth-order valence-electron chi connectivity index (χ4n) is 3.10. The zero-order chi connectivity index (χ0) is 20.7. The van der Waals surface area contributed by atoms with E-state index in [2.05, 4.69) is 20.6 Å². The Labute approximate surface area is 161 Å². The second kappa shape index (κ2) is 9.83. The summed E-state index contributed by atoms with van der Waals surface area (Å²) in [6, 6.07) is -1.21. The van der Waals surface area contributed by atoms with Crippen molar-refractivity contribution in [2.75, 3.05) is 17.6 Å². The van der Waals surface area contributed by atoms with Crippen molar-refractivity contribution in [1.82, 2.24) is 15.3 Å². The number of aliphatic carboxylic acids is 2. The van der Waals surface area contributed by atoms with Crippen molar-refractivity contribution in [3.05, 3.63) is 11.8 Å². The number of carboxylic acids is 2. The lowest BCUT2D eigenvalue weighted by Crippen LogP contribution is -2.41. The standard InChI is InChI=1S/C17H25N5O6/c18-17-20-8-10-14(26)9(7-19-15(10)22-17)3-1-2-4-12(23)21-11(16(27)28)5-6-13(24)25/h8-9,11,14,26H,1-7H2,(H,21,23)(H,24,25)(H,27,28)(H3,18,19,20,22)/t9-,11-,14+/m0/s1. The molecule has 0 fully saturated rings. The van der Waals surface area contributed by atoms with Crippen molar-refractivity contribution in [3.8, 4) is 0 Å². The Morgan fingerprint density at radius 2 is 2.04 bits per heavy atom. The van der Waals surface area contributed by atoms with Gasteiger partial charge < -0.3 is 31.7 Å². The third kappa shape index (κ3) is 6.05. The number of aromatic nitrogens is 2. The van der Waals surface area contributed by atoms with Gasteiger partial charge >= 0.3 is 11.9 Å². The number of nitrogen functional groups attached to an aromatic ring is 1. The second-order valence-corrected chi connectivity index (χ2v) is 6.75. The predicted octanol–water partition coefficient (Wildman–Crippen LogP) is 0.129. The molecule has 11 nitrogen and oxygen atoms in total. The lowest BCUT2D eigenvalue weighted by molar-refractivity contribution is -0.143. The maximum atomic E-state index is 11.9. The molecule has 0 saturated heterocycles. The molecule has 1 aromatic heterocycles. The molecule has 0 aliphatic carbocycles. The molecule has 28 heavy (non-hydrogen) atoms. The number of rotatable bonds is 10. The molecule has 3 atom stereocenters. The molecule has 0 unspecified atom stereocenters. The molecule has 0 spiro atoms. The van der Waals surface area contributed by atoms with Crippen LogP contribution in [-0.2, 0) is 14.4 Å². The number of hydrogen-bond acceptors (Lipinski definition) is 8. The van der Waals surface area contributed by atoms with Crippen molar-refractivity contribution < 1.29 is 29.7 Å². The zero-order valence-corrected chi connectivity index (χ0v) is 15.3. The van der Waals surface area contributed by atoms with E-state index in [1.54, 1.807) is 0 Å². The number of unbranched alkanes of at least 4 members (excludes halogenated alkanes) is 1. The van der Waals surface area contributed by atoms with Crippen molar-refractivity contribution in [3.63, 3.8) is 0 Å². The highest BCUT2D eigenvalue weighted by molar-refractivity contribution is 5.83. The van der Waals surface area contributed by atoms with Gasteiger partial charge in [-0.2, -0.15) is 4.98 Å². The number of nitrogens with one attached hydrogen (secondary N) is 2. The molecule has 1 aliphatic rings. The predicted molar refractivity (Wildman–Crippen MR) is 98.3 cm³/mol. The number of fused-ring (bicyclic) bond motifs is 1. The number of nitrogens with zero attached hydrogens (tertiary/aromatic N) is 2. The van der Waals surface area contributed by atoms with E-state index in [-0.39, 0.29) is 31.1 Å². The van der Waals surface area contributed by atoms with Crippen LogP contribution in [0.5, 0.6) is 0 Å². The molecule has 2 heterocycles. The van der Waals surface area contributed by atoms with Crippen LogP contribution in [0, 0.1) is 5.92 Å². The molecule has 1 amide bonds. The Morgan fingerprint density at radius 3 is 2.71 bits per heavy atom. The summed E-state index contributed by atoms with van der Waals surface area (Å²) in [6.45, 7) is 0.521. The summed E-state index contributed by atoms with van der Waals surface area (Å²) in [5, 5.41) is 33.6. The van der Waals surface area contributed by atoms with Gasteiger partial charge in [-0.05, 0) is 19.3 Å². The highest BCUT2D eigenvalue weighted by Crippen LogP contribution is 2.34. The van der Waals surface area contributed by atoms with E-state index in [0.29, 0.717) is 37.2 Å². The molecule has 0 aromatic carbocycles. The van der Waals surface area contributed by atoms with Crippen LogP contribution in [0.25, 0.3) is 0 Å². The van der Waals surface area contributed by atoms with Gasteiger partial charge in [0, 0.05) is 37.1 Å². The maximum Gasteiger partial charge on any atom is 0.326 e. The molecule has 0 radical (unpaired) electrons. The van der Waals surface area contributed by atoms with Gasteiger partial charge in [0.15, 0.2) is 0 Å². The first-order chi connectivity index (χ1) is 13.3. The van der Waals surface area contributed by atoms with Gasteiger partial charge in [-0.1, -0.05) is 6.42 Å². The molecule has 0 saturated carbocycles. The molecule has 2 rings (SSSR count). The number of hydrogen-bond donors (Lipinski definition) is 6. The first-order valence-corrected chi connectivity index (χ1v) is 9.06. The van der Waals surface area contributed by atoms with Crippen LogP contribution in [0.4, 0.5) is 11.8 Å². The van der Waals surface area contributed by atoms with Crippen molar-refractivity contribution in [1.29, 1.82) is 0 Å². The average Bonchev–Trinajstić information content (AvgIpc) is 2.63. The number of aliphatic hydroxyl groups excluding tert-OH is 1. The van der Waals surface area contributed by atoms with Gasteiger partial charge in [-0.15, -0.1) is 0 Å². The third-order valence-electron chi connectivity index (χ3n) is 4.64. The Morgan fingerprint density at radius 1 is 1.29 bits per heavy atom. The SMILES string of the molecule is Nc1ncc2c(n1)NC[C@H](CCCCC(=O)N[C@@H](CCC(=O)O)C(=O)O)[C@H]2O. The van der Waals surface area contributed by atoms with E-state index in [4.69, 9.17) is 15.9 Å². The Hall–Kier alpha value is -2.95. The number of carbonyl (C=O) groups excluding carboxylic acids is 1. The van der Waals surface area contributed by atoms with Gasteiger partial charge in [-0.3, -0.25) is 9.59 Å². The van der Waals surface area contributed by atoms with E-state index in [1.165, 1.54) is 6.20 Å². The van der Waals surface area contributed by atoms with E-state index in [0.717, 1.165) is 0 Å². The van der Waals surface area contributed by atoms with E-state index < -0.39 is 30.0 Å². The molecule has 0 bridgehead atoms. The number of carbonyl (C=O) groups is 3. The van der Waals surface area contributed by atoms with Gasteiger partial charge in [-0.25, -0.2) is 9.78 Å². The highest BCUT2D eigenvalue weighted by atomic mass is 16.4. The lowest BCUT2D eigenvalue weighted by Gasteiger charge is -2.30. The summed E-state index contributed by atoms with van der Waals surface area (Å²) in [6.07, 6.45) is 2.25. The molecular formula is C17H25N5O6. The summed E-state index contributed by atoms with van der Waals surface area (Å²) in [5.41, 5.74) is 6.12. The van der Waals surface area contributed by atoms with Crippen LogP contribution < -0.4 is 16.4 Å². The van der Waals surface area contributed by atoms with Gasteiger partial charge in [0.25, 0.3) is 0 Å². The van der Waals surface area contributed by atoms with E-state index >= 15 is 0 Å². The minimum Gasteiger partial charge on any atom is -0.481 e. The summed E-state index contributed by atoms with van der Waals surface area (Å²) in [7, 11) is 0. The van der Waals surface area contributed by atoms with Crippen LogP contribution in [0.15, 0.2) is 6.20 Å². The van der Waals surface area contributed by atoms with Crippen molar-refractivity contribution in [2.45, 2.75) is 50.7 Å². The van der Waals surface area contributed by atoms with Gasteiger partial charge in [0.2, 0.25) is 11.9 Å². The van der Waals surface area contributed by atoms with Crippen LogP contribution in [-0.4, -0.2) is 55.7 Å². The van der Waals surface area contributed by atoms with Gasteiger partial charge in [0.05, 0.1) is 6.10 Å². The van der Waals surface area contributed by atoms with Crippen molar-refractivity contribution in [2.24, 2.45) is 5.92 Å². The number of carboxylic acid groups (broad SMARTS) is 2. The molecular weight excluding hydrogens is 370 g/mol. The average molecular weight is 395 g/mol. The summed E-state index contributed by atoms with van der Waals surface area (Å²) in [5.74, 6) is -2.22. The Bertz CT molecular complexity index is 728. The highest BCUT2D eigenvalue weighted by Gasteiger charge is 2.29. The molecule has 1 aliphatic heterocycles. The van der Waals surface area contributed by atoms with Crippen LogP contribution >= 0.6 is 0 Å². The quantitative estimate of drug-likeness (QED) is 0.297. The topological polar surface area (TPSA) is 188 Å². The number of nitrogens with two attached hydrogens (primary N) is 1. The first kappa shape index (κ1) is 21.4. The lowest BCUT2D eigenvalue weighted by atomic mass is 9.89. The fraction of sp³-hybridized carbons (Fsp3) is 0.588. The second-order valence-electron chi connectivity index (χ2n) is 6.75. The number of aliphatic hydroxyl groups is 1. The third-order valence-corrected chi connectivity index (χ3v) is 4.64. The largest absolute Gasteiger partial charge is 0.481 e. The summed E-state index contributed by atoms with van der Waals surface area (Å²) >= 11 is 0. The van der Waals surface area contributed by atoms with Crippen LogP contribution in [0.3, 0.4) is 0 Å². The molecule has 11 heteroatoms. The number of anilines is 2. The Kier molecular flexibility index (Phi) is 7.50. The summed E-state index contributed by atoms with van der Waals surface area (Å²) < 4.78 is 0. The molecule has 154 valence electrons. The molecule has 1 aromatic rings. The first-order valence-electron chi connectivity index (χ1n) is 9.06. The minimum atomic E-state index is -1.26. The van der Waals surface area contributed by atoms with Crippen molar-refractivity contribution >= 4 is 29.6 Å². The van der Waals surface area contributed by atoms with E-state index in [9.17, 15) is 19.5 Å². The molecule has 7 N–H and O–H groups in total. The van der Waals surface area contributed by atoms with Gasteiger partial charge in [0.1, 0.15) is 11.9 Å². The minimum absolute atomic E-state index is 0.0647. The zero-order valence-electron chi connectivity index (χ0n) is 15.3. The summed E-state index contributed by atoms with van der Waals surface area (Å²) in [4.78, 5) is 41.5. The van der Waals surface area contributed by atoms with E-state index in [1.807, 2.05) is 0 Å². The van der Waals surface area contributed by atoms with Crippen LogP contribution in [0.2, 0.25) is 0 Å². The maximum absolute atomic E-state index is 11.9. The normalized spacial score (nSPS) is 19.2. The van der Waals surface area contributed by atoms with Crippen LogP contribution in [0.1, 0.15) is 50.2 Å². The smallest absolute Gasteiger partial charge is 0.326 e. The fourth-order valence-corrected chi connectivity index (χ4v) is 3.10.